The summed E-state index contributed by atoms with van der Waals surface area (Å²) in [6.07, 6.45) is 1.54. The van der Waals surface area contributed by atoms with E-state index in [1.54, 1.807) is 36.4 Å². The number of benzene rings is 2. The summed E-state index contributed by atoms with van der Waals surface area (Å²) in [5.74, 6) is 1.14. The average molecular weight is 392 g/mol. The molecule has 2 aromatic carbocycles. The molecule has 0 unspecified atom stereocenters. The van der Waals surface area contributed by atoms with Crippen molar-refractivity contribution in [2.45, 2.75) is 6.92 Å². The van der Waals surface area contributed by atoms with Crippen LogP contribution >= 0.6 is 11.6 Å². The average Bonchev–Trinajstić information content (AvgIpc) is 2.68. The van der Waals surface area contributed by atoms with Gasteiger partial charge in [-0.25, -0.2) is 0 Å². The number of halogens is 1. The number of carbonyl (C=O) groups excluding carboxylic acids is 1. The van der Waals surface area contributed by atoms with Gasteiger partial charge < -0.3 is 24.7 Å². The Kier molecular flexibility index (Phi) is 6.96. The molecule has 0 aliphatic rings. The van der Waals surface area contributed by atoms with Crippen LogP contribution in [0.25, 0.3) is 6.08 Å². The Hall–Kier alpha value is -2.86. The van der Waals surface area contributed by atoms with Gasteiger partial charge in [0.1, 0.15) is 5.75 Å². The molecule has 0 aromatic heterocycles. The summed E-state index contributed by atoms with van der Waals surface area (Å²) in [5.41, 5.74) is 7.33. The van der Waals surface area contributed by atoms with E-state index in [0.29, 0.717) is 35.1 Å². The second-order valence-corrected chi connectivity index (χ2v) is 5.84. The van der Waals surface area contributed by atoms with Crippen LogP contribution in [-0.4, -0.2) is 33.7 Å². The van der Waals surface area contributed by atoms with Crippen LogP contribution in [0.5, 0.6) is 23.0 Å². The minimum absolute atomic E-state index is 0.00717. The number of nitrogen functional groups attached to an aromatic ring is 1. The number of allylic oxidation sites excluding steroid dienone is 1. The standard InChI is InChI=1S/C20H22ClNO5/c1-5-27-17-11-12(6-8-15(17)22)10-14(21)18(23)13-7-9-16(24-2)20(26-4)19(13)25-3/h6-11H,5,22H2,1-4H3. The Labute approximate surface area is 163 Å². The Bertz CT molecular complexity index is 864. The highest BCUT2D eigenvalue weighted by atomic mass is 35.5. The van der Waals surface area contributed by atoms with Crippen LogP contribution in [0.4, 0.5) is 5.69 Å². The molecule has 2 rings (SSSR count). The second kappa shape index (κ2) is 9.19. The normalized spacial score (nSPS) is 11.1. The SMILES string of the molecule is CCOc1cc(C=C(Cl)C(=O)c2ccc(OC)c(OC)c2OC)ccc1N. The number of hydrogen-bond donors (Lipinski definition) is 1. The summed E-state index contributed by atoms with van der Waals surface area (Å²) in [6.45, 7) is 2.34. The molecule has 0 atom stereocenters. The molecule has 0 spiro atoms. The first-order chi connectivity index (χ1) is 13.0. The second-order valence-electron chi connectivity index (χ2n) is 5.43. The summed E-state index contributed by atoms with van der Waals surface area (Å²) in [7, 11) is 4.42. The molecule has 2 aromatic rings. The number of hydrogen-bond acceptors (Lipinski definition) is 6. The summed E-state index contributed by atoms with van der Waals surface area (Å²) in [5, 5.41) is 0.00717. The number of rotatable bonds is 8. The van der Waals surface area contributed by atoms with E-state index in [-0.39, 0.29) is 16.3 Å². The molecule has 0 aliphatic carbocycles. The highest BCUT2D eigenvalue weighted by Crippen LogP contribution is 2.41. The molecule has 6 nitrogen and oxygen atoms in total. The molecule has 0 amide bonds. The molecule has 0 radical (unpaired) electrons. The van der Waals surface area contributed by atoms with E-state index in [2.05, 4.69) is 0 Å². The predicted octanol–water partition coefficient (Wildman–Crippen LogP) is 4.16. The van der Waals surface area contributed by atoms with E-state index < -0.39 is 5.78 Å². The van der Waals surface area contributed by atoms with Crippen molar-refractivity contribution in [3.63, 3.8) is 0 Å². The summed E-state index contributed by atoms with van der Waals surface area (Å²) >= 11 is 6.28. The van der Waals surface area contributed by atoms with Gasteiger partial charge in [0.2, 0.25) is 11.5 Å². The molecule has 0 fully saturated rings. The van der Waals surface area contributed by atoms with Crippen molar-refractivity contribution in [1.29, 1.82) is 0 Å². The van der Waals surface area contributed by atoms with Crippen LogP contribution in [0.1, 0.15) is 22.8 Å². The van der Waals surface area contributed by atoms with Gasteiger partial charge in [-0.15, -0.1) is 0 Å². The van der Waals surface area contributed by atoms with Crippen molar-refractivity contribution >= 4 is 29.1 Å². The molecule has 0 saturated heterocycles. The van der Waals surface area contributed by atoms with Crippen LogP contribution in [0.2, 0.25) is 0 Å². The Morgan fingerprint density at radius 1 is 1.04 bits per heavy atom. The van der Waals surface area contributed by atoms with E-state index in [0.717, 1.165) is 0 Å². The fourth-order valence-corrected chi connectivity index (χ4v) is 2.77. The van der Waals surface area contributed by atoms with Gasteiger partial charge in [-0.1, -0.05) is 17.7 Å². The minimum Gasteiger partial charge on any atom is -0.493 e. The summed E-state index contributed by atoms with van der Waals surface area (Å²) < 4.78 is 21.3. The molecule has 2 N–H and O–H groups in total. The zero-order chi connectivity index (χ0) is 20.0. The van der Waals surface area contributed by atoms with Crippen molar-refractivity contribution in [3.05, 3.63) is 46.5 Å². The van der Waals surface area contributed by atoms with Crippen molar-refractivity contribution in [3.8, 4) is 23.0 Å². The van der Waals surface area contributed by atoms with Gasteiger partial charge >= 0.3 is 0 Å². The number of carbonyl (C=O) groups is 1. The highest BCUT2D eigenvalue weighted by Gasteiger charge is 2.22. The number of ether oxygens (including phenoxy) is 4. The quantitative estimate of drug-likeness (QED) is 0.413. The van der Waals surface area contributed by atoms with Crippen molar-refractivity contribution in [1.82, 2.24) is 0 Å². The topological polar surface area (TPSA) is 80.0 Å². The summed E-state index contributed by atoms with van der Waals surface area (Å²) in [6, 6.07) is 8.37. The van der Waals surface area contributed by atoms with Crippen LogP contribution in [0.3, 0.4) is 0 Å². The van der Waals surface area contributed by atoms with E-state index in [4.69, 9.17) is 36.3 Å². The van der Waals surface area contributed by atoms with Crippen LogP contribution in [-0.2, 0) is 0 Å². The van der Waals surface area contributed by atoms with Crippen molar-refractivity contribution < 1.29 is 23.7 Å². The fourth-order valence-electron chi connectivity index (χ4n) is 2.54. The predicted molar refractivity (Wildman–Crippen MR) is 106 cm³/mol. The molecule has 0 saturated carbocycles. The minimum atomic E-state index is -0.413. The third-order valence-electron chi connectivity index (χ3n) is 3.80. The maximum atomic E-state index is 12.8. The number of nitrogens with two attached hydrogens (primary N) is 1. The number of ketones is 1. The lowest BCUT2D eigenvalue weighted by Crippen LogP contribution is -2.05. The van der Waals surface area contributed by atoms with Crippen molar-refractivity contribution in [2.75, 3.05) is 33.7 Å². The van der Waals surface area contributed by atoms with Gasteiger partial charge in [0, 0.05) is 0 Å². The Morgan fingerprint density at radius 2 is 1.74 bits per heavy atom. The van der Waals surface area contributed by atoms with Crippen LogP contribution in [0, 0.1) is 0 Å². The first-order valence-electron chi connectivity index (χ1n) is 8.19. The largest absolute Gasteiger partial charge is 0.493 e. The third kappa shape index (κ3) is 4.46. The van der Waals surface area contributed by atoms with Gasteiger partial charge in [0.15, 0.2) is 11.5 Å². The van der Waals surface area contributed by atoms with Gasteiger partial charge in [0.25, 0.3) is 0 Å². The number of anilines is 1. The number of methoxy groups -OCH3 is 3. The zero-order valence-electron chi connectivity index (χ0n) is 15.7. The molecular weight excluding hydrogens is 370 g/mol. The smallest absolute Gasteiger partial charge is 0.208 e. The molecule has 0 heterocycles. The monoisotopic (exact) mass is 391 g/mol. The molecule has 0 aliphatic heterocycles. The summed E-state index contributed by atoms with van der Waals surface area (Å²) in [4.78, 5) is 12.8. The molecule has 144 valence electrons. The van der Waals surface area contributed by atoms with Gasteiger partial charge in [-0.2, -0.15) is 0 Å². The fraction of sp³-hybridized carbons (Fsp3) is 0.250. The van der Waals surface area contributed by atoms with E-state index in [1.807, 2.05) is 6.92 Å². The lowest BCUT2D eigenvalue weighted by molar-refractivity contribution is 0.103. The highest BCUT2D eigenvalue weighted by molar-refractivity contribution is 6.47. The maximum Gasteiger partial charge on any atom is 0.208 e. The maximum absolute atomic E-state index is 12.8. The van der Waals surface area contributed by atoms with E-state index in [1.165, 1.54) is 21.3 Å². The van der Waals surface area contributed by atoms with E-state index in [9.17, 15) is 4.79 Å². The van der Waals surface area contributed by atoms with Gasteiger partial charge in [0.05, 0.1) is 44.2 Å². The van der Waals surface area contributed by atoms with Crippen molar-refractivity contribution in [2.24, 2.45) is 0 Å². The lowest BCUT2D eigenvalue weighted by atomic mass is 10.1. The first kappa shape index (κ1) is 20.5. The lowest BCUT2D eigenvalue weighted by Gasteiger charge is -2.15. The van der Waals surface area contributed by atoms with Crippen LogP contribution in [0.15, 0.2) is 35.4 Å². The Morgan fingerprint density at radius 3 is 2.33 bits per heavy atom. The molecule has 0 bridgehead atoms. The molecule has 7 heteroatoms. The third-order valence-corrected chi connectivity index (χ3v) is 4.08. The van der Waals surface area contributed by atoms with E-state index >= 15 is 0 Å². The first-order valence-corrected chi connectivity index (χ1v) is 8.57. The molecule has 27 heavy (non-hydrogen) atoms. The van der Waals surface area contributed by atoms with Crippen LogP contribution < -0.4 is 24.7 Å². The number of Topliss-reactive ketones (excluding diaryl/α,β-unsaturated/α-hetero) is 1. The molecular formula is C20H22ClNO5. The zero-order valence-corrected chi connectivity index (χ0v) is 16.4. The van der Waals surface area contributed by atoms with Gasteiger partial charge in [-0.3, -0.25) is 4.79 Å². The Balaban J connectivity index is 2.43. The van der Waals surface area contributed by atoms with Gasteiger partial charge in [-0.05, 0) is 42.8 Å².